The summed E-state index contributed by atoms with van der Waals surface area (Å²) in [5.41, 5.74) is 0. The summed E-state index contributed by atoms with van der Waals surface area (Å²) >= 11 is 0. The quantitative estimate of drug-likeness (QED) is 0.0222. The minimum absolute atomic E-state index is 0.104. The maximum Gasteiger partial charge on any atom is 0.472 e. The molecule has 0 spiro atoms. The lowest BCUT2D eigenvalue weighted by molar-refractivity contribution is -0.161. The molecule has 79 heavy (non-hydrogen) atoms. The van der Waals surface area contributed by atoms with Crippen molar-refractivity contribution in [1.29, 1.82) is 0 Å². The maximum atomic E-state index is 12.9. The van der Waals surface area contributed by atoms with Gasteiger partial charge in [-0.25, -0.2) is 9.13 Å². The van der Waals surface area contributed by atoms with E-state index in [4.69, 9.17) is 37.0 Å². The third kappa shape index (κ3) is 55.0. The van der Waals surface area contributed by atoms with Crippen LogP contribution in [0.4, 0.5) is 0 Å². The molecule has 0 aromatic heterocycles. The number of hydrogen-bond acceptors (Lipinski definition) is 15. The Kier molecular flexibility index (Phi) is 52.7. The minimum atomic E-state index is -4.94. The zero-order valence-corrected chi connectivity index (χ0v) is 52.3. The van der Waals surface area contributed by atoms with Crippen LogP contribution in [0.5, 0.6) is 0 Å². The Bertz CT molecular complexity index is 1550. The summed E-state index contributed by atoms with van der Waals surface area (Å²) in [6, 6.07) is 0. The van der Waals surface area contributed by atoms with Crippen LogP contribution in [0, 0.1) is 5.92 Å². The van der Waals surface area contributed by atoms with Crippen molar-refractivity contribution in [3.8, 4) is 0 Å². The second-order valence-corrected chi connectivity index (χ2v) is 25.1. The van der Waals surface area contributed by atoms with Gasteiger partial charge >= 0.3 is 39.5 Å². The third-order valence-electron chi connectivity index (χ3n) is 13.8. The normalized spacial score (nSPS) is 14.3. The Labute approximate surface area is 479 Å². The van der Waals surface area contributed by atoms with Gasteiger partial charge in [-0.05, 0) is 31.6 Å². The van der Waals surface area contributed by atoms with Gasteiger partial charge in [0, 0.05) is 25.7 Å². The van der Waals surface area contributed by atoms with Crippen LogP contribution in [0.1, 0.15) is 298 Å². The lowest BCUT2D eigenvalue weighted by Gasteiger charge is -2.21. The predicted octanol–water partition coefficient (Wildman–Crippen LogP) is 16.2. The molecule has 0 aromatic rings. The van der Waals surface area contributed by atoms with Crippen molar-refractivity contribution < 1.29 is 80.2 Å². The number of rotatable bonds is 60. The SMILES string of the molecule is CCCCCCCCCCCC(=O)OC[C@H](COP(=O)(O)OC[C@@H](O)COP(=O)(O)OC[C@@H](COC(=O)CCCCCCC)OC(=O)CCCCCCCCCC)OC(=O)CCCCCCCCCCCCCCCCC(C)C. The molecule has 5 atom stereocenters. The molecule has 468 valence electrons. The molecule has 0 aromatic carbocycles. The van der Waals surface area contributed by atoms with Crippen LogP contribution in [0.15, 0.2) is 0 Å². The van der Waals surface area contributed by atoms with Gasteiger partial charge in [-0.15, -0.1) is 0 Å². The van der Waals surface area contributed by atoms with E-state index in [-0.39, 0.29) is 25.7 Å². The van der Waals surface area contributed by atoms with E-state index >= 15 is 0 Å². The fraction of sp³-hybridized carbons (Fsp3) is 0.933. The summed E-state index contributed by atoms with van der Waals surface area (Å²) < 4.78 is 67.5. The Morgan fingerprint density at radius 3 is 0.861 bits per heavy atom. The second-order valence-electron chi connectivity index (χ2n) is 22.2. The zero-order chi connectivity index (χ0) is 58.5. The number of carbonyl (C=O) groups is 4. The summed E-state index contributed by atoms with van der Waals surface area (Å²) in [6.07, 6.45) is 36.6. The molecule has 17 nitrogen and oxygen atoms in total. The molecule has 19 heteroatoms. The molecule has 3 N–H and O–H groups in total. The molecule has 0 heterocycles. The summed E-state index contributed by atoms with van der Waals surface area (Å²) in [5, 5.41) is 10.5. The van der Waals surface area contributed by atoms with Crippen molar-refractivity contribution in [2.45, 2.75) is 316 Å². The molecule has 0 aliphatic carbocycles. The zero-order valence-electron chi connectivity index (χ0n) is 50.5. The van der Waals surface area contributed by atoms with Crippen LogP contribution in [0.25, 0.3) is 0 Å². The number of aliphatic hydroxyl groups excluding tert-OH is 1. The van der Waals surface area contributed by atoms with Crippen molar-refractivity contribution in [1.82, 2.24) is 0 Å². The summed E-state index contributed by atoms with van der Waals surface area (Å²) in [6.45, 7) is 7.06. The highest BCUT2D eigenvalue weighted by Crippen LogP contribution is 2.45. The van der Waals surface area contributed by atoms with Gasteiger partial charge in [0.05, 0.1) is 26.4 Å². The van der Waals surface area contributed by atoms with Crippen molar-refractivity contribution in [2.24, 2.45) is 5.92 Å². The molecule has 0 aliphatic heterocycles. The number of phosphoric ester groups is 2. The molecule has 0 rings (SSSR count). The number of ether oxygens (including phenoxy) is 4. The lowest BCUT2D eigenvalue weighted by Crippen LogP contribution is -2.30. The molecule has 0 saturated heterocycles. The fourth-order valence-electron chi connectivity index (χ4n) is 8.88. The molecule has 2 unspecified atom stereocenters. The van der Waals surface area contributed by atoms with Crippen LogP contribution in [-0.4, -0.2) is 96.7 Å². The van der Waals surface area contributed by atoms with E-state index in [1.54, 1.807) is 0 Å². The van der Waals surface area contributed by atoms with E-state index in [2.05, 4.69) is 34.6 Å². The maximum absolute atomic E-state index is 12.9. The van der Waals surface area contributed by atoms with E-state index in [1.165, 1.54) is 109 Å². The average Bonchev–Trinajstić information content (AvgIpc) is 3.41. The molecule has 0 fully saturated rings. The second kappa shape index (κ2) is 54.0. The van der Waals surface area contributed by atoms with Crippen molar-refractivity contribution in [3.05, 3.63) is 0 Å². The van der Waals surface area contributed by atoms with Crippen molar-refractivity contribution in [3.63, 3.8) is 0 Å². The number of phosphoric acid groups is 2. The van der Waals surface area contributed by atoms with Crippen LogP contribution < -0.4 is 0 Å². The minimum Gasteiger partial charge on any atom is -0.462 e. The number of esters is 4. The first-order valence-electron chi connectivity index (χ1n) is 31.6. The molecule has 0 saturated carbocycles. The van der Waals surface area contributed by atoms with Crippen LogP contribution >= 0.6 is 15.6 Å². The molecular formula is C60H116O17P2. The summed E-state index contributed by atoms with van der Waals surface area (Å²) in [5.74, 6) is -1.36. The summed E-state index contributed by atoms with van der Waals surface area (Å²) in [7, 11) is -9.86. The molecule has 0 aliphatic rings. The number of aliphatic hydroxyl groups is 1. The summed E-state index contributed by atoms with van der Waals surface area (Å²) in [4.78, 5) is 71.6. The van der Waals surface area contributed by atoms with Gasteiger partial charge in [0.2, 0.25) is 0 Å². The first-order chi connectivity index (χ1) is 38.0. The van der Waals surface area contributed by atoms with E-state index in [1.807, 2.05) is 0 Å². The number of hydrogen-bond donors (Lipinski definition) is 3. The van der Waals surface area contributed by atoms with E-state index in [9.17, 15) is 43.2 Å². The lowest BCUT2D eigenvalue weighted by atomic mass is 10.0. The molecule has 0 amide bonds. The fourth-order valence-corrected chi connectivity index (χ4v) is 10.5. The largest absolute Gasteiger partial charge is 0.472 e. The van der Waals surface area contributed by atoms with Gasteiger partial charge in [-0.1, -0.05) is 247 Å². The first kappa shape index (κ1) is 77.1. The Morgan fingerprint density at radius 1 is 0.342 bits per heavy atom. The topological polar surface area (TPSA) is 237 Å². The highest BCUT2D eigenvalue weighted by atomic mass is 31.2. The average molecular weight is 1170 g/mol. The highest BCUT2D eigenvalue weighted by molar-refractivity contribution is 7.47. The van der Waals surface area contributed by atoms with Gasteiger partial charge < -0.3 is 33.8 Å². The Morgan fingerprint density at radius 2 is 0.582 bits per heavy atom. The van der Waals surface area contributed by atoms with E-state index < -0.39 is 97.5 Å². The first-order valence-corrected chi connectivity index (χ1v) is 34.6. The van der Waals surface area contributed by atoms with Crippen LogP contribution in [0.3, 0.4) is 0 Å². The van der Waals surface area contributed by atoms with Gasteiger partial charge in [0.15, 0.2) is 12.2 Å². The monoisotopic (exact) mass is 1170 g/mol. The van der Waals surface area contributed by atoms with Crippen molar-refractivity contribution in [2.75, 3.05) is 39.6 Å². The Hall–Kier alpha value is -1.94. The molecular weight excluding hydrogens is 1050 g/mol. The van der Waals surface area contributed by atoms with Crippen molar-refractivity contribution >= 4 is 39.5 Å². The number of unbranched alkanes of at least 4 members (excludes halogenated alkanes) is 32. The van der Waals surface area contributed by atoms with Gasteiger partial charge in [-0.2, -0.15) is 0 Å². The number of carbonyl (C=O) groups excluding carboxylic acids is 4. The van der Waals surface area contributed by atoms with Crippen LogP contribution in [-0.2, 0) is 65.4 Å². The third-order valence-corrected chi connectivity index (χ3v) is 15.7. The Balaban J connectivity index is 5.12. The highest BCUT2D eigenvalue weighted by Gasteiger charge is 2.30. The predicted molar refractivity (Wildman–Crippen MR) is 312 cm³/mol. The standard InChI is InChI=1S/C60H116O17P2/c1-6-9-12-15-17-25-30-34-39-44-58(63)71-50-56(77-60(65)46-41-36-31-27-24-22-20-19-21-23-26-28-33-37-42-53(4)5)52-75-79(68,69)73-48-54(61)47-72-78(66,67)74-51-55(49-70-57(62)43-38-32-14-11-8-3)76-59(64)45-40-35-29-18-16-13-10-7-2/h53-56,61H,6-52H2,1-5H3,(H,66,67)(H,68,69)/t54-,55+,56+/m0/s1. The van der Waals surface area contributed by atoms with Crippen LogP contribution in [0.2, 0.25) is 0 Å². The van der Waals surface area contributed by atoms with Gasteiger partial charge in [-0.3, -0.25) is 37.3 Å². The van der Waals surface area contributed by atoms with E-state index in [0.29, 0.717) is 25.7 Å². The van der Waals surface area contributed by atoms with E-state index in [0.717, 1.165) is 109 Å². The van der Waals surface area contributed by atoms with Gasteiger partial charge in [0.1, 0.15) is 19.3 Å². The van der Waals surface area contributed by atoms with Gasteiger partial charge in [0.25, 0.3) is 0 Å². The molecule has 0 radical (unpaired) electrons. The molecule has 0 bridgehead atoms. The smallest absolute Gasteiger partial charge is 0.462 e.